The van der Waals surface area contributed by atoms with E-state index in [-0.39, 0.29) is 18.8 Å². The zero-order valence-electron chi connectivity index (χ0n) is 9.28. The zero-order valence-corrected chi connectivity index (χ0v) is 9.28. The van der Waals surface area contributed by atoms with Gasteiger partial charge in [0.15, 0.2) is 11.5 Å². The van der Waals surface area contributed by atoms with Gasteiger partial charge in [0, 0.05) is 12.1 Å². The lowest BCUT2D eigenvalue weighted by Crippen LogP contribution is -2.22. The molecule has 88 valence electrons. The molecule has 3 N–H and O–H groups in total. The molecule has 0 aromatic heterocycles. The predicted molar refractivity (Wildman–Crippen MR) is 58.7 cm³/mol. The Morgan fingerprint density at radius 2 is 2.19 bits per heavy atom. The van der Waals surface area contributed by atoms with Crippen molar-refractivity contribution in [2.75, 3.05) is 13.7 Å². The summed E-state index contributed by atoms with van der Waals surface area (Å²) in [6.45, 7) is 2.02. The Morgan fingerprint density at radius 3 is 2.75 bits per heavy atom. The smallest absolute Gasteiger partial charge is 0.317 e. The van der Waals surface area contributed by atoms with Crippen molar-refractivity contribution >= 4 is 5.97 Å². The summed E-state index contributed by atoms with van der Waals surface area (Å²) in [5.41, 5.74) is 1.57. The first-order valence-electron chi connectivity index (χ1n) is 4.83. The Bertz CT molecular complexity index is 390. The summed E-state index contributed by atoms with van der Waals surface area (Å²) in [6.07, 6.45) is 0. The summed E-state index contributed by atoms with van der Waals surface area (Å²) in [6, 6.07) is 3.50. The van der Waals surface area contributed by atoms with Crippen molar-refractivity contribution in [2.24, 2.45) is 0 Å². The van der Waals surface area contributed by atoms with Gasteiger partial charge in [0.25, 0.3) is 0 Å². The van der Waals surface area contributed by atoms with Gasteiger partial charge >= 0.3 is 5.97 Å². The van der Waals surface area contributed by atoms with Gasteiger partial charge in [-0.05, 0) is 18.6 Å². The van der Waals surface area contributed by atoms with Gasteiger partial charge in [-0.3, -0.25) is 4.79 Å². The third-order valence-electron chi connectivity index (χ3n) is 2.11. The highest BCUT2D eigenvalue weighted by Crippen LogP contribution is 2.30. The van der Waals surface area contributed by atoms with Crippen molar-refractivity contribution in [1.82, 2.24) is 5.32 Å². The van der Waals surface area contributed by atoms with Crippen LogP contribution in [0.3, 0.4) is 0 Å². The number of nitrogens with one attached hydrogen (secondary N) is 1. The fourth-order valence-electron chi connectivity index (χ4n) is 1.41. The van der Waals surface area contributed by atoms with E-state index in [1.807, 2.05) is 6.92 Å². The largest absolute Gasteiger partial charge is 0.504 e. The van der Waals surface area contributed by atoms with Gasteiger partial charge in [-0.25, -0.2) is 0 Å². The molecule has 0 fully saturated rings. The SMILES string of the molecule is COc1cc(C)cc(CNCC(=O)O)c1O. The molecule has 0 bridgehead atoms. The molecule has 16 heavy (non-hydrogen) atoms. The van der Waals surface area contributed by atoms with Gasteiger partial charge in [-0.15, -0.1) is 0 Å². The summed E-state index contributed by atoms with van der Waals surface area (Å²) in [4.78, 5) is 10.3. The van der Waals surface area contributed by atoms with Crippen LogP contribution in [0.5, 0.6) is 11.5 Å². The maximum absolute atomic E-state index is 10.3. The second-order valence-corrected chi connectivity index (χ2v) is 3.47. The second kappa shape index (κ2) is 5.37. The molecule has 0 radical (unpaired) electrons. The molecule has 0 unspecified atom stereocenters. The summed E-state index contributed by atoms with van der Waals surface area (Å²) in [5, 5.41) is 20.9. The van der Waals surface area contributed by atoms with E-state index in [4.69, 9.17) is 9.84 Å². The number of benzene rings is 1. The molecule has 0 aliphatic rings. The van der Waals surface area contributed by atoms with Crippen LogP contribution >= 0.6 is 0 Å². The molecule has 1 rings (SSSR count). The first-order valence-corrected chi connectivity index (χ1v) is 4.83. The quantitative estimate of drug-likeness (QED) is 0.693. The van der Waals surface area contributed by atoms with E-state index in [0.29, 0.717) is 11.3 Å². The van der Waals surface area contributed by atoms with E-state index >= 15 is 0 Å². The zero-order chi connectivity index (χ0) is 12.1. The Labute approximate surface area is 93.7 Å². The normalized spacial score (nSPS) is 10.1. The van der Waals surface area contributed by atoms with Crippen LogP contribution in [0.15, 0.2) is 12.1 Å². The third kappa shape index (κ3) is 3.13. The van der Waals surface area contributed by atoms with Crippen molar-refractivity contribution in [3.8, 4) is 11.5 Å². The molecule has 5 nitrogen and oxygen atoms in total. The standard InChI is InChI=1S/C11H15NO4/c1-7-3-8(5-12-6-10(13)14)11(15)9(4-7)16-2/h3-4,12,15H,5-6H2,1-2H3,(H,13,14). The molecule has 0 aliphatic heterocycles. The molecule has 1 aromatic rings. The van der Waals surface area contributed by atoms with Crippen LogP contribution < -0.4 is 10.1 Å². The van der Waals surface area contributed by atoms with Gasteiger partial charge in [-0.1, -0.05) is 6.07 Å². The number of ether oxygens (including phenoxy) is 1. The van der Waals surface area contributed by atoms with Crippen molar-refractivity contribution in [2.45, 2.75) is 13.5 Å². The maximum atomic E-state index is 10.3. The van der Waals surface area contributed by atoms with Crippen LogP contribution in [0, 0.1) is 6.92 Å². The fourth-order valence-corrected chi connectivity index (χ4v) is 1.41. The molecule has 0 aliphatic carbocycles. The average molecular weight is 225 g/mol. The maximum Gasteiger partial charge on any atom is 0.317 e. The second-order valence-electron chi connectivity index (χ2n) is 3.47. The highest BCUT2D eigenvalue weighted by Gasteiger charge is 2.09. The molecule has 0 amide bonds. The Balaban J connectivity index is 2.78. The molecule has 0 spiro atoms. The lowest BCUT2D eigenvalue weighted by atomic mass is 10.1. The number of phenolic OH excluding ortho intramolecular Hbond substituents is 1. The van der Waals surface area contributed by atoms with Crippen molar-refractivity contribution in [3.63, 3.8) is 0 Å². The van der Waals surface area contributed by atoms with Crippen molar-refractivity contribution in [3.05, 3.63) is 23.3 Å². The number of hydrogen-bond acceptors (Lipinski definition) is 4. The van der Waals surface area contributed by atoms with Gasteiger partial charge < -0.3 is 20.3 Å². The minimum atomic E-state index is -0.931. The monoisotopic (exact) mass is 225 g/mol. The van der Waals surface area contributed by atoms with E-state index in [2.05, 4.69) is 5.32 Å². The number of methoxy groups -OCH3 is 1. The van der Waals surface area contributed by atoms with Gasteiger partial charge in [0.05, 0.1) is 13.7 Å². The van der Waals surface area contributed by atoms with Crippen LogP contribution in [0.2, 0.25) is 0 Å². The van der Waals surface area contributed by atoms with Gasteiger partial charge in [0.2, 0.25) is 0 Å². The first-order chi connectivity index (χ1) is 7.54. The highest BCUT2D eigenvalue weighted by molar-refractivity contribution is 5.69. The Morgan fingerprint density at radius 1 is 1.50 bits per heavy atom. The Hall–Kier alpha value is -1.75. The number of phenols is 1. The molecule has 0 saturated carbocycles. The van der Waals surface area contributed by atoms with Crippen LogP contribution in [0.4, 0.5) is 0 Å². The fraction of sp³-hybridized carbons (Fsp3) is 0.364. The Kier molecular flexibility index (Phi) is 4.13. The molecular formula is C11H15NO4. The van der Waals surface area contributed by atoms with E-state index in [0.717, 1.165) is 5.56 Å². The molecule has 1 aromatic carbocycles. The summed E-state index contributed by atoms with van der Waals surface area (Å²) < 4.78 is 5.00. The van der Waals surface area contributed by atoms with E-state index in [1.54, 1.807) is 12.1 Å². The number of carboxylic acid groups (broad SMARTS) is 1. The van der Waals surface area contributed by atoms with Gasteiger partial charge in [0.1, 0.15) is 0 Å². The van der Waals surface area contributed by atoms with E-state index < -0.39 is 5.97 Å². The van der Waals surface area contributed by atoms with E-state index in [1.165, 1.54) is 7.11 Å². The third-order valence-corrected chi connectivity index (χ3v) is 2.11. The number of rotatable bonds is 5. The number of aliphatic carboxylic acids is 1. The highest BCUT2D eigenvalue weighted by atomic mass is 16.5. The number of hydrogen-bond donors (Lipinski definition) is 3. The average Bonchev–Trinajstić information content (AvgIpc) is 2.22. The minimum Gasteiger partial charge on any atom is -0.504 e. The molecule has 0 saturated heterocycles. The number of aryl methyl sites for hydroxylation is 1. The summed E-state index contributed by atoms with van der Waals surface area (Å²) in [5.74, 6) is -0.489. The number of carboxylic acids is 1. The van der Waals surface area contributed by atoms with Crippen LogP contribution in [0.25, 0.3) is 0 Å². The molecular weight excluding hydrogens is 210 g/mol. The number of carbonyl (C=O) groups is 1. The first kappa shape index (κ1) is 12.3. The minimum absolute atomic E-state index is 0.0472. The molecule has 0 atom stereocenters. The number of aromatic hydroxyl groups is 1. The lowest BCUT2D eigenvalue weighted by Gasteiger charge is -2.10. The van der Waals surface area contributed by atoms with Crippen LogP contribution in [0.1, 0.15) is 11.1 Å². The summed E-state index contributed by atoms with van der Waals surface area (Å²) in [7, 11) is 1.48. The summed E-state index contributed by atoms with van der Waals surface area (Å²) >= 11 is 0. The molecule has 0 heterocycles. The van der Waals surface area contributed by atoms with Crippen molar-refractivity contribution < 1.29 is 19.7 Å². The lowest BCUT2D eigenvalue weighted by molar-refractivity contribution is -0.136. The van der Waals surface area contributed by atoms with Crippen LogP contribution in [-0.2, 0) is 11.3 Å². The van der Waals surface area contributed by atoms with Gasteiger partial charge in [-0.2, -0.15) is 0 Å². The van der Waals surface area contributed by atoms with E-state index in [9.17, 15) is 9.90 Å². The topological polar surface area (TPSA) is 78.8 Å². The molecule has 5 heteroatoms. The van der Waals surface area contributed by atoms with Crippen molar-refractivity contribution in [1.29, 1.82) is 0 Å². The van der Waals surface area contributed by atoms with Crippen LogP contribution in [-0.4, -0.2) is 29.8 Å². The predicted octanol–water partition coefficient (Wildman–Crippen LogP) is 0.883.